The molecule has 0 aromatic heterocycles. The number of rotatable bonds is 5. The number of anilines is 9. The highest BCUT2D eigenvalue weighted by Gasteiger charge is 2.50. The Morgan fingerprint density at radius 2 is 0.880 bits per heavy atom. The van der Waals surface area contributed by atoms with Crippen LogP contribution in [0.3, 0.4) is 0 Å². The van der Waals surface area contributed by atoms with Gasteiger partial charge in [-0.1, -0.05) is 171 Å². The third kappa shape index (κ3) is 7.56. The molecular formula is C71H82BN3. The van der Waals surface area contributed by atoms with Gasteiger partial charge in [0.15, 0.2) is 0 Å². The lowest BCUT2D eigenvalue weighted by molar-refractivity contribution is 0.331. The largest absolute Gasteiger partial charge is 0.311 e. The number of hydrogen-bond acceptors (Lipinski definition) is 3. The summed E-state index contributed by atoms with van der Waals surface area (Å²) < 4.78 is 0. The van der Waals surface area contributed by atoms with E-state index in [4.69, 9.17) is 0 Å². The molecule has 0 amide bonds. The number of para-hydroxylation sites is 2. The average Bonchev–Trinajstić information content (AvgIpc) is 3.56. The molecule has 0 fully saturated rings. The molecule has 5 aliphatic rings. The number of aryl methyl sites for hydroxylation is 1. The topological polar surface area (TPSA) is 9.72 Å². The fraction of sp³-hybridized carbons (Fsp3) is 0.408. The summed E-state index contributed by atoms with van der Waals surface area (Å²) in [7, 11) is 0. The van der Waals surface area contributed by atoms with Crippen LogP contribution in [0.4, 0.5) is 51.2 Å². The number of nitrogens with zero attached hydrogens (tertiary/aromatic N) is 3. The molecule has 0 unspecified atom stereocenters. The maximum absolute atomic E-state index is 2.77. The predicted molar refractivity (Wildman–Crippen MR) is 325 cm³/mol. The van der Waals surface area contributed by atoms with Crippen molar-refractivity contribution < 1.29 is 0 Å². The lowest BCUT2D eigenvalue weighted by atomic mass is 9.33. The van der Waals surface area contributed by atoms with Gasteiger partial charge in [0.25, 0.3) is 6.71 Å². The van der Waals surface area contributed by atoms with Gasteiger partial charge in [-0.05, 0) is 211 Å². The van der Waals surface area contributed by atoms with E-state index in [9.17, 15) is 0 Å². The van der Waals surface area contributed by atoms with Crippen LogP contribution < -0.4 is 31.1 Å². The van der Waals surface area contributed by atoms with Crippen molar-refractivity contribution >= 4 is 74.3 Å². The van der Waals surface area contributed by atoms with E-state index in [1.807, 2.05) is 0 Å². The standard InChI is InChI=1S/C71H82BN3/c1-44-36-51-53(68(10,11)34-32-66(51,6)7)41-59(44)75-60-42-54-52(67(8,9)33-35-69(54,12)13)40-56(60)72-55-37-46(65(3,4)5)28-30-58(55)74(57-31-29-50-63(45(57)2)71(16,17)43-70(50,14)15)61-38-49(39-62(75)64(61)72)73(47-24-20-18-21-25-47)48-26-22-19-23-27-48/h18-31,36-42H,32-35,43H2,1-17H3. The van der Waals surface area contributed by atoms with Crippen molar-refractivity contribution in [1.82, 2.24) is 0 Å². The van der Waals surface area contributed by atoms with Crippen molar-refractivity contribution in [2.75, 3.05) is 14.7 Å². The van der Waals surface area contributed by atoms with Gasteiger partial charge in [-0.15, -0.1) is 0 Å². The van der Waals surface area contributed by atoms with E-state index in [1.54, 1.807) is 0 Å². The molecule has 7 aromatic rings. The zero-order chi connectivity index (χ0) is 53.3. The highest BCUT2D eigenvalue weighted by molar-refractivity contribution is 7.00. The van der Waals surface area contributed by atoms with Gasteiger partial charge in [-0.2, -0.15) is 0 Å². The van der Waals surface area contributed by atoms with Gasteiger partial charge in [-0.25, -0.2) is 0 Å². The van der Waals surface area contributed by atoms with Gasteiger partial charge < -0.3 is 14.7 Å². The zero-order valence-electron chi connectivity index (χ0n) is 48.6. The van der Waals surface area contributed by atoms with Crippen LogP contribution in [-0.2, 0) is 37.9 Å². The normalized spacial score (nSPS) is 19.6. The second kappa shape index (κ2) is 16.3. The van der Waals surface area contributed by atoms with E-state index in [2.05, 4.69) is 260 Å². The summed E-state index contributed by atoms with van der Waals surface area (Å²) in [4.78, 5) is 7.98. The van der Waals surface area contributed by atoms with Crippen LogP contribution in [0.1, 0.15) is 186 Å². The fourth-order valence-corrected chi connectivity index (χ4v) is 15.4. The first-order valence-corrected chi connectivity index (χ1v) is 28.4. The predicted octanol–water partition coefficient (Wildman–Crippen LogP) is 17.8. The smallest absolute Gasteiger partial charge is 0.252 e. The van der Waals surface area contributed by atoms with Crippen molar-refractivity contribution in [2.24, 2.45) is 0 Å². The van der Waals surface area contributed by atoms with Gasteiger partial charge >= 0.3 is 0 Å². The van der Waals surface area contributed by atoms with Crippen LogP contribution in [0, 0.1) is 13.8 Å². The Morgan fingerprint density at radius 1 is 0.413 bits per heavy atom. The summed E-state index contributed by atoms with van der Waals surface area (Å²) in [5.41, 5.74) is 28.6. The lowest BCUT2D eigenvalue weighted by Gasteiger charge is -2.49. The van der Waals surface area contributed by atoms with Crippen molar-refractivity contribution in [3.8, 4) is 0 Å². The van der Waals surface area contributed by atoms with Crippen molar-refractivity contribution in [2.45, 2.75) is 188 Å². The van der Waals surface area contributed by atoms with Crippen LogP contribution in [0.2, 0.25) is 0 Å². The van der Waals surface area contributed by atoms with Crippen LogP contribution >= 0.6 is 0 Å². The number of hydrogen-bond donors (Lipinski definition) is 0. The molecular weight excluding hydrogens is 906 g/mol. The monoisotopic (exact) mass is 988 g/mol. The minimum Gasteiger partial charge on any atom is -0.311 e. The lowest BCUT2D eigenvalue weighted by Crippen LogP contribution is -2.62. The summed E-state index contributed by atoms with van der Waals surface area (Å²) >= 11 is 0. The minimum atomic E-state index is -0.0516. The molecule has 384 valence electrons. The maximum Gasteiger partial charge on any atom is 0.252 e. The first-order valence-electron chi connectivity index (χ1n) is 28.4. The molecule has 0 bridgehead atoms. The Morgan fingerprint density at radius 3 is 1.41 bits per heavy atom. The molecule has 0 atom stereocenters. The Balaban J connectivity index is 1.27. The van der Waals surface area contributed by atoms with Crippen LogP contribution in [-0.4, -0.2) is 6.71 Å². The number of fused-ring (bicyclic) bond motifs is 7. The highest BCUT2D eigenvalue weighted by atomic mass is 15.2. The molecule has 2 aliphatic heterocycles. The number of benzene rings is 7. The molecule has 0 radical (unpaired) electrons. The van der Waals surface area contributed by atoms with E-state index in [0.717, 1.165) is 42.7 Å². The summed E-state index contributed by atoms with van der Waals surface area (Å²) in [6.45, 7) is 41.8. The molecule has 4 heteroatoms. The summed E-state index contributed by atoms with van der Waals surface area (Å²) in [5.74, 6) is 0. The Hall–Kier alpha value is -6.00. The molecule has 75 heavy (non-hydrogen) atoms. The zero-order valence-corrected chi connectivity index (χ0v) is 48.6. The Bertz CT molecular complexity index is 3450. The third-order valence-corrected chi connectivity index (χ3v) is 19.6. The summed E-state index contributed by atoms with van der Waals surface area (Å²) in [6, 6.07) is 50.4. The van der Waals surface area contributed by atoms with Gasteiger partial charge in [0.05, 0.1) is 5.69 Å². The van der Waals surface area contributed by atoms with Gasteiger partial charge in [0, 0.05) is 45.5 Å². The quantitative estimate of drug-likeness (QED) is 0.159. The Kier molecular flexibility index (Phi) is 10.8. The van der Waals surface area contributed by atoms with Crippen molar-refractivity contribution in [3.05, 3.63) is 177 Å². The first kappa shape index (κ1) is 49.9. The van der Waals surface area contributed by atoms with Crippen molar-refractivity contribution in [1.29, 1.82) is 0 Å². The van der Waals surface area contributed by atoms with E-state index in [-0.39, 0.29) is 44.6 Å². The minimum absolute atomic E-state index is 0.0152. The molecule has 12 rings (SSSR count). The van der Waals surface area contributed by atoms with Crippen molar-refractivity contribution in [3.63, 3.8) is 0 Å². The average molecular weight is 988 g/mol. The summed E-state index contributed by atoms with van der Waals surface area (Å²) in [5, 5.41) is 0. The second-order valence-electron chi connectivity index (χ2n) is 28.8. The van der Waals surface area contributed by atoms with Gasteiger partial charge in [0.1, 0.15) is 0 Å². The molecule has 7 aromatic carbocycles. The van der Waals surface area contributed by atoms with Crippen LogP contribution in [0.15, 0.2) is 127 Å². The maximum atomic E-state index is 2.77. The highest BCUT2D eigenvalue weighted by Crippen LogP contribution is 2.57. The fourth-order valence-electron chi connectivity index (χ4n) is 15.4. The molecule has 0 saturated carbocycles. The van der Waals surface area contributed by atoms with Crippen LogP contribution in [0.25, 0.3) is 0 Å². The SMILES string of the molecule is Cc1cc2c(cc1N1c3cc4c(cc3B3c5cc(C(C)(C)C)ccc5N(c5ccc6c(c5C)C(C)(C)CC6(C)C)c5cc(N(c6ccccc6)c6ccccc6)cc1c53)C(C)(C)CCC4(C)C)C(C)(C)CCC2(C)C. The third-order valence-electron chi connectivity index (χ3n) is 19.6. The van der Waals surface area contributed by atoms with E-state index >= 15 is 0 Å². The first-order chi connectivity index (χ1) is 35.1. The summed E-state index contributed by atoms with van der Waals surface area (Å²) in [6.07, 6.45) is 5.79. The van der Waals surface area contributed by atoms with E-state index < -0.39 is 0 Å². The molecule has 3 aliphatic carbocycles. The van der Waals surface area contributed by atoms with Crippen LogP contribution in [0.5, 0.6) is 0 Å². The molecule has 0 saturated heterocycles. The molecule has 0 N–H and O–H groups in total. The van der Waals surface area contributed by atoms with E-state index in [0.29, 0.717) is 0 Å². The van der Waals surface area contributed by atoms with Gasteiger partial charge in [-0.3, -0.25) is 0 Å². The Labute approximate surface area is 451 Å². The second-order valence-corrected chi connectivity index (χ2v) is 28.8. The van der Waals surface area contributed by atoms with Gasteiger partial charge in [0.2, 0.25) is 0 Å². The van der Waals surface area contributed by atoms with E-state index in [1.165, 1.54) is 107 Å². The molecule has 2 heterocycles. The molecule has 3 nitrogen and oxygen atoms in total. The molecule has 0 spiro atoms.